The highest BCUT2D eigenvalue weighted by molar-refractivity contribution is 5.86. The van der Waals surface area contributed by atoms with Crippen LogP contribution in [0.3, 0.4) is 0 Å². The minimum absolute atomic E-state index is 0.475. The van der Waals surface area contributed by atoms with Gasteiger partial charge in [-0.1, -0.05) is 38.1 Å². The summed E-state index contributed by atoms with van der Waals surface area (Å²) < 4.78 is 0. The van der Waals surface area contributed by atoms with E-state index in [1.165, 1.54) is 22.0 Å². The molecule has 2 rings (SSSR count). The molecule has 0 amide bonds. The minimum Gasteiger partial charge on any atom is -0.383 e. The lowest BCUT2D eigenvalue weighted by molar-refractivity contribution is 0.648. The molecule has 18 heavy (non-hydrogen) atoms. The van der Waals surface area contributed by atoms with Crippen molar-refractivity contribution in [2.45, 2.75) is 40.2 Å². The summed E-state index contributed by atoms with van der Waals surface area (Å²) >= 11 is 0. The quantitative estimate of drug-likeness (QED) is 0.806. The molecule has 1 nitrogen and oxygen atoms in total. The van der Waals surface area contributed by atoms with Crippen LogP contribution < -0.4 is 5.32 Å². The van der Waals surface area contributed by atoms with Crippen molar-refractivity contribution in [3.63, 3.8) is 0 Å². The van der Waals surface area contributed by atoms with Gasteiger partial charge in [0.1, 0.15) is 0 Å². The maximum absolute atomic E-state index is 3.44. The molecule has 0 unspecified atom stereocenters. The van der Waals surface area contributed by atoms with Crippen LogP contribution in [0.2, 0.25) is 0 Å². The molecule has 0 aliphatic heterocycles. The topological polar surface area (TPSA) is 12.0 Å². The Kier molecular flexibility index (Phi) is 3.90. The summed E-state index contributed by atoms with van der Waals surface area (Å²) in [5.41, 5.74) is 2.64. The molecule has 2 aromatic rings. The zero-order valence-corrected chi connectivity index (χ0v) is 11.8. The summed E-state index contributed by atoms with van der Waals surface area (Å²) in [7, 11) is 0. The van der Waals surface area contributed by atoms with Crippen LogP contribution in [-0.4, -0.2) is 6.04 Å². The van der Waals surface area contributed by atoms with Crippen molar-refractivity contribution in [3.05, 3.63) is 42.0 Å². The third-order valence-electron chi connectivity index (χ3n) is 3.00. The van der Waals surface area contributed by atoms with Crippen molar-refractivity contribution in [2.75, 3.05) is 5.32 Å². The zero-order chi connectivity index (χ0) is 13.1. The fourth-order valence-electron chi connectivity index (χ4n) is 2.32. The van der Waals surface area contributed by atoms with E-state index in [-0.39, 0.29) is 0 Å². The van der Waals surface area contributed by atoms with Gasteiger partial charge in [-0.05, 0) is 54.7 Å². The van der Waals surface area contributed by atoms with Crippen molar-refractivity contribution >= 4 is 16.5 Å². The normalized spacial score (nSPS) is 11.4. The molecule has 0 saturated heterocycles. The van der Waals surface area contributed by atoms with E-state index in [2.05, 4.69) is 69.4 Å². The largest absolute Gasteiger partial charge is 0.383 e. The average molecular weight is 241 g/mol. The molecule has 1 N–H and O–H groups in total. The zero-order valence-electron chi connectivity index (χ0n) is 11.8. The van der Waals surface area contributed by atoms with Gasteiger partial charge in [-0.2, -0.15) is 0 Å². The van der Waals surface area contributed by atoms with Crippen LogP contribution in [0.5, 0.6) is 0 Å². The van der Waals surface area contributed by atoms with Gasteiger partial charge in [0, 0.05) is 11.7 Å². The van der Waals surface area contributed by atoms with Crippen molar-refractivity contribution in [1.29, 1.82) is 0 Å². The van der Waals surface area contributed by atoms with Crippen LogP contribution in [0.15, 0.2) is 36.4 Å². The summed E-state index contributed by atoms with van der Waals surface area (Å²) in [4.78, 5) is 0. The van der Waals surface area contributed by atoms with Gasteiger partial charge in [0.15, 0.2) is 0 Å². The fourth-order valence-corrected chi connectivity index (χ4v) is 2.32. The molecule has 96 valence electrons. The minimum atomic E-state index is 0.475. The van der Waals surface area contributed by atoms with Crippen molar-refractivity contribution in [2.24, 2.45) is 5.92 Å². The number of fused-ring (bicyclic) bond motifs is 1. The molecule has 0 heterocycles. The van der Waals surface area contributed by atoms with Gasteiger partial charge in [-0.3, -0.25) is 0 Å². The number of hydrogen-bond donors (Lipinski definition) is 1. The molecule has 0 saturated carbocycles. The highest BCUT2D eigenvalue weighted by atomic mass is 14.9. The van der Waals surface area contributed by atoms with Crippen LogP contribution in [-0.2, 0) is 6.42 Å². The highest BCUT2D eigenvalue weighted by Gasteiger charge is 2.01. The maximum atomic E-state index is 3.44. The number of anilines is 1. The Morgan fingerprint density at radius 2 is 1.56 bits per heavy atom. The van der Waals surface area contributed by atoms with E-state index in [1.54, 1.807) is 0 Å². The molecule has 0 aliphatic carbocycles. The molecule has 1 heteroatoms. The summed E-state index contributed by atoms with van der Waals surface area (Å²) in [6.45, 7) is 8.85. The molecular formula is C17H23N. The number of nitrogens with one attached hydrogen (secondary N) is 1. The molecule has 0 aliphatic rings. The first kappa shape index (κ1) is 12.9. The van der Waals surface area contributed by atoms with E-state index in [1.807, 2.05) is 0 Å². The van der Waals surface area contributed by atoms with E-state index in [0.29, 0.717) is 12.0 Å². The van der Waals surface area contributed by atoms with Crippen molar-refractivity contribution < 1.29 is 0 Å². The van der Waals surface area contributed by atoms with Crippen LogP contribution in [0.1, 0.15) is 33.3 Å². The molecule has 0 atom stereocenters. The number of benzene rings is 2. The Hall–Kier alpha value is -1.50. The lowest BCUT2D eigenvalue weighted by Crippen LogP contribution is -2.09. The van der Waals surface area contributed by atoms with Crippen molar-refractivity contribution in [3.8, 4) is 0 Å². The Bertz CT molecular complexity index is 477. The van der Waals surface area contributed by atoms with Crippen LogP contribution in [0.4, 0.5) is 5.69 Å². The van der Waals surface area contributed by atoms with E-state index < -0.39 is 0 Å². The Labute approximate surface area is 110 Å². The van der Waals surface area contributed by atoms with E-state index in [4.69, 9.17) is 0 Å². The Balaban J connectivity index is 2.30. The highest BCUT2D eigenvalue weighted by Crippen LogP contribution is 2.22. The van der Waals surface area contributed by atoms with Gasteiger partial charge in [0.05, 0.1) is 0 Å². The second kappa shape index (κ2) is 5.43. The first-order chi connectivity index (χ1) is 8.54. The maximum Gasteiger partial charge on any atom is 0.0348 e. The van der Waals surface area contributed by atoms with Crippen LogP contribution in [0, 0.1) is 5.92 Å². The van der Waals surface area contributed by atoms with Gasteiger partial charge in [0.2, 0.25) is 0 Å². The summed E-state index contributed by atoms with van der Waals surface area (Å²) in [6, 6.07) is 13.9. The fraction of sp³-hybridized carbons (Fsp3) is 0.412. The van der Waals surface area contributed by atoms with Gasteiger partial charge >= 0.3 is 0 Å². The molecule has 0 fully saturated rings. The first-order valence-corrected chi connectivity index (χ1v) is 6.84. The van der Waals surface area contributed by atoms with E-state index in [0.717, 1.165) is 6.42 Å². The monoisotopic (exact) mass is 241 g/mol. The molecule has 0 aromatic heterocycles. The second-order valence-electron chi connectivity index (χ2n) is 5.79. The average Bonchev–Trinajstić information content (AvgIpc) is 2.27. The van der Waals surface area contributed by atoms with E-state index in [9.17, 15) is 0 Å². The van der Waals surface area contributed by atoms with Gasteiger partial charge < -0.3 is 5.32 Å². The summed E-state index contributed by atoms with van der Waals surface area (Å²) in [5, 5.41) is 6.09. The molecule has 2 aromatic carbocycles. The number of rotatable bonds is 4. The first-order valence-electron chi connectivity index (χ1n) is 6.84. The predicted octanol–water partition coefficient (Wildman–Crippen LogP) is 4.86. The SMILES string of the molecule is CC(C)Cc1ccc2cc(NC(C)C)ccc2c1. The third-order valence-corrected chi connectivity index (χ3v) is 3.00. The lowest BCUT2D eigenvalue weighted by atomic mass is 9.99. The standard InChI is InChI=1S/C17H23N/c1-12(2)9-14-5-6-16-11-17(18-13(3)4)8-7-15(16)10-14/h5-8,10-13,18H,9H2,1-4H3. The van der Waals surface area contributed by atoms with Gasteiger partial charge in [0.25, 0.3) is 0 Å². The van der Waals surface area contributed by atoms with Gasteiger partial charge in [-0.25, -0.2) is 0 Å². The molecule has 0 spiro atoms. The van der Waals surface area contributed by atoms with Crippen molar-refractivity contribution in [1.82, 2.24) is 0 Å². The summed E-state index contributed by atoms with van der Waals surface area (Å²) in [5.74, 6) is 0.712. The molecule has 0 bridgehead atoms. The van der Waals surface area contributed by atoms with Crippen LogP contribution >= 0.6 is 0 Å². The van der Waals surface area contributed by atoms with Gasteiger partial charge in [-0.15, -0.1) is 0 Å². The Morgan fingerprint density at radius 1 is 0.889 bits per heavy atom. The number of hydrogen-bond acceptors (Lipinski definition) is 1. The second-order valence-corrected chi connectivity index (χ2v) is 5.79. The smallest absolute Gasteiger partial charge is 0.0348 e. The third kappa shape index (κ3) is 3.25. The van der Waals surface area contributed by atoms with Crippen LogP contribution in [0.25, 0.3) is 10.8 Å². The van der Waals surface area contributed by atoms with E-state index >= 15 is 0 Å². The Morgan fingerprint density at radius 3 is 2.22 bits per heavy atom. The lowest BCUT2D eigenvalue weighted by Gasteiger charge is -2.11. The summed E-state index contributed by atoms with van der Waals surface area (Å²) in [6.07, 6.45) is 1.15. The predicted molar refractivity (Wildman–Crippen MR) is 81.2 cm³/mol. The molecular weight excluding hydrogens is 218 g/mol. The molecule has 0 radical (unpaired) electrons.